The summed E-state index contributed by atoms with van der Waals surface area (Å²) in [6.07, 6.45) is 1.54. The Balaban J connectivity index is 0. The molecule has 0 aromatic rings. The zero-order chi connectivity index (χ0) is 9.78. The molecule has 0 atom stereocenters. The second kappa shape index (κ2) is 6.23. The maximum atomic E-state index is 10.9. The summed E-state index contributed by atoms with van der Waals surface area (Å²) in [7, 11) is 0. The van der Waals surface area contributed by atoms with Crippen molar-refractivity contribution in [1.82, 2.24) is 5.01 Å². The fourth-order valence-corrected chi connectivity index (χ4v) is 0.767. The molecule has 0 aromatic carbocycles. The van der Waals surface area contributed by atoms with Gasteiger partial charge in [-0.2, -0.15) is 0 Å². The monoisotopic (exact) mass is 195 g/mol. The Labute approximate surface area is 101 Å². The first-order valence-corrected chi connectivity index (χ1v) is 3.62. The van der Waals surface area contributed by atoms with E-state index in [0.717, 1.165) is 0 Å². The van der Waals surface area contributed by atoms with Crippen LogP contribution in [0.2, 0.25) is 0 Å². The van der Waals surface area contributed by atoms with Gasteiger partial charge in [0.1, 0.15) is 0 Å². The Morgan fingerprint density at radius 2 is 2.00 bits per heavy atom. The Bertz CT molecular complexity index is 189. The molecule has 0 aliphatic carbocycles. The van der Waals surface area contributed by atoms with Gasteiger partial charge in [0, 0.05) is 4.97 Å². The molecule has 0 aliphatic rings. The fourth-order valence-electron chi connectivity index (χ4n) is 0.767. The Morgan fingerprint density at radius 3 is 2.23 bits per heavy atom. The van der Waals surface area contributed by atoms with Crippen LogP contribution in [0.3, 0.4) is 0 Å². The molecule has 0 aliphatic heterocycles. The van der Waals surface area contributed by atoms with Crippen molar-refractivity contribution >= 4 is 0 Å². The van der Waals surface area contributed by atoms with E-state index in [4.69, 9.17) is 0 Å². The average Bonchev–Trinajstić information content (AvgIpc) is 1.96. The zero-order valence-corrected chi connectivity index (χ0v) is 10.6. The predicted molar refractivity (Wildman–Crippen MR) is 46.1 cm³/mol. The minimum atomic E-state index is -0.427. The van der Waals surface area contributed by atoms with E-state index in [1.807, 2.05) is 20.8 Å². The SMILES string of the molecule is C=CCN([N+]([O-])=N[O-])C(C)(C)C.[Na+]. The van der Waals surface area contributed by atoms with Crippen molar-refractivity contribution < 1.29 is 34.5 Å². The first kappa shape index (κ1) is 15.2. The van der Waals surface area contributed by atoms with Crippen molar-refractivity contribution in [2.45, 2.75) is 26.3 Å². The Hall–Kier alpha value is -0.260. The van der Waals surface area contributed by atoms with Crippen molar-refractivity contribution in [2.24, 2.45) is 5.28 Å². The molecule has 0 N–H and O–H groups in total. The van der Waals surface area contributed by atoms with Crippen LogP contribution in [0.25, 0.3) is 0 Å². The third-order valence-electron chi connectivity index (χ3n) is 1.35. The summed E-state index contributed by atoms with van der Waals surface area (Å²) in [5.74, 6) is 0. The molecule has 0 amide bonds. The second-order valence-corrected chi connectivity index (χ2v) is 3.38. The molecular weight excluding hydrogens is 181 g/mol. The number of hydrogen-bond acceptors (Lipinski definition) is 3. The number of hydrogen-bond donors (Lipinski definition) is 0. The maximum absolute atomic E-state index is 10.9. The normalized spacial score (nSPS) is 11.8. The molecule has 0 aromatic heterocycles. The number of nitrogens with zero attached hydrogens (tertiary/aromatic N) is 3. The van der Waals surface area contributed by atoms with Crippen molar-refractivity contribution in [1.29, 1.82) is 0 Å². The molecule has 0 rings (SSSR count). The summed E-state index contributed by atoms with van der Waals surface area (Å²) in [6.45, 7) is 9.22. The first-order chi connectivity index (χ1) is 5.43. The number of hydrazine groups is 1. The van der Waals surface area contributed by atoms with Gasteiger partial charge in [0.15, 0.2) is 0 Å². The van der Waals surface area contributed by atoms with Crippen molar-refractivity contribution in [3.63, 3.8) is 0 Å². The van der Waals surface area contributed by atoms with Gasteiger partial charge in [-0.15, -0.1) is 11.6 Å². The van der Waals surface area contributed by atoms with Gasteiger partial charge in [-0.25, -0.2) is 0 Å². The summed E-state index contributed by atoms with van der Waals surface area (Å²) in [5, 5.41) is 24.4. The van der Waals surface area contributed by atoms with Crippen LogP contribution >= 0.6 is 0 Å². The van der Waals surface area contributed by atoms with Crippen LogP contribution in [0.5, 0.6) is 0 Å². The van der Waals surface area contributed by atoms with Gasteiger partial charge in [-0.05, 0) is 26.0 Å². The molecule has 0 saturated heterocycles. The fraction of sp³-hybridized carbons (Fsp3) is 0.714. The van der Waals surface area contributed by atoms with Gasteiger partial charge in [-0.3, -0.25) is 0 Å². The van der Waals surface area contributed by atoms with Crippen LogP contribution in [0.15, 0.2) is 17.9 Å². The molecule has 0 spiro atoms. The molecule has 70 valence electrons. The molecule has 0 radical (unpaired) electrons. The van der Waals surface area contributed by atoms with Gasteiger partial charge in [0.25, 0.3) is 0 Å². The van der Waals surface area contributed by atoms with Crippen molar-refractivity contribution in [3.8, 4) is 0 Å². The van der Waals surface area contributed by atoms with Gasteiger partial charge in [0.2, 0.25) is 0 Å². The summed E-state index contributed by atoms with van der Waals surface area (Å²) < 4.78 is 0. The Morgan fingerprint density at radius 1 is 1.54 bits per heavy atom. The first-order valence-electron chi connectivity index (χ1n) is 3.62. The average molecular weight is 195 g/mol. The molecule has 0 unspecified atom stereocenters. The molecule has 5 nitrogen and oxygen atoms in total. The van der Waals surface area contributed by atoms with E-state index < -0.39 is 5.54 Å². The third kappa shape index (κ3) is 5.13. The second-order valence-electron chi connectivity index (χ2n) is 3.38. The standard InChI is InChI=1S/C7H15N3O2.Na/c1-5-6-9(7(2,3)4)10(12)8-11;/h5,11H,1,6H2,2-4H3;/q;+1/p-1. The molecule has 0 fully saturated rings. The van der Waals surface area contributed by atoms with E-state index in [0.29, 0.717) is 6.54 Å². The third-order valence-corrected chi connectivity index (χ3v) is 1.35. The zero-order valence-electron chi connectivity index (χ0n) is 8.65. The van der Waals surface area contributed by atoms with E-state index >= 15 is 0 Å². The minimum absolute atomic E-state index is 0. The summed E-state index contributed by atoms with van der Waals surface area (Å²) in [5.41, 5.74) is -0.427. The van der Waals surface area contributed by atoms with Crippen LogP contribution in [-0.2, 0) is 0 Å². The Kier molecular flexibility index (Phi) is 7.30. The quantitative estimate of drug-likeness (QED) is 0.184. The van der Waals surface area contributed by atoms with Crippen LogP contribution in [0.1, 0.15) is 20.8 Å². The summed E-state index contributed by atoms with van der Waals surface area (Å²) in [4.78, 5) is 0.0433. The molecule has 6 heteroatoms. The molecule has 0 bridgehead atoms. The van der Waals surface area contributed by atoms with Gasteiger partial charge in [-0.1, -0.05) is 6.08 Å². The number of rotatable bonds is 3. The molecule has 0 saturated carbocycles. The van der Waals surface area contributed by atoms with Gasteiger partial charge >= 0.3 is 29.6 Å². The predicted octanol–water partition coefficient (Wildman–Crippen LogP) is -1.35. The van der Waals surface area contributed by atoms with Crippen molar-refractivity contribution in [3.05, 3.63) is 23.1 Å². The summed E-state index contributed by atoms with van der Waals surface area (Å²) in [6, 6.07) is 0. The smallest absolute Gasteiger partial charge is 0.737 e. The molecular formula is C7H14N3NaO2. The van der Waals surface area contributed by atoms with E-state index in [-0.39, 0.29) is 34.5 Å². The van der Waals surface area contributed by atoms with Gasteiger partial charge in [0.05, 0.1) is 12.1 Å². The van der Waals surface area contributed by atoms with Crippen molar-refractivity contribution in [2.75, 3.05) is 6.54 Å². The van der Waals surface area contributed by atoms with E-state index in [2.05, 4.69) is 11.9 Å². The van der Waals surface area contributed by atoms with Crippen LogP contribution in [-0.4, -0.2) is 22.1 Å². The van der Waals surface area contributed by atoms with E-state index in [9.17, 15) is 10.4 Å². The van der Waals surface area contributed by atoms with Gasteiger partial charge < -0.3 is 10.4 Å². The maximum Gasteiger partial charge on any atom is 1.00 e. The molecule has 13 heavy (non-hydrogen) atoms. The minimum Gasteiger partial charge on any atom is -0.737 e. The largest absolute Gasteiger partial charge is 1.00 e. The summed E-state index contributed by atoms with van der Waals surface area (Å²) >= 11 is 0. The van der Waals surface area contributed by atoms with E-state index in [1.165, 1.54) is 5.01 Å². The van der Waals surface area contributed by atoms with Crippen LogP contribution in [0, 0.1) is 10.4 Å². The van der Waals surface area contributed by atoms with Crippen LogP contribution < -0.4 is 29.6 Å². The topological polar surface area (TPSA) is 64.7 Å². The van der Waals surface area contributed by atoms with Crippen LogP contribution in [0.4, 0.5) is 0 Å². The molecule has 0 heterocycles. The van der Waals surface area contributed by atoms with E-state index in [1.54, 1.807) is 6.08 Å².